The average Bonchev–Trinajstić information content (AvgIpc) is 3.32. The fraction of sp³-hybridized carbons (Fsp3) is 1.00. The summed E-state index contributed by atoms with van der Waals surface area (Å²) in [6.45, 7) is 25.0. The Kier molecular flexibility index (Phi) is 43.8. The van der Waals surface area contributed by atoms with Gasteiger partial charge in [0.1, 0.15) is 39.1 Å². The van der Waals surface area contributed by atoms with E-state index >= 15 is 0 Å². The van der Waals surface area contributed by atoms with Gasteiger partial charge in [-0.1, -0.05) is 0 Å². The average molecular weight is 1580 g/mol. The van der Waals surface area contributed by atoms with E-state index in [1.165, 1.54) is 0 Å². The molecule has 4 heterocycles. The molecule has 4 aliphatic rings. The lowest BCUT2D eigenvalue weighted by Crippen LogP contribution is -2.54. The van der Waals surface area contributed by atoms with Crippen LogP contribution >= 0.6 is 0 Å². The Bertz CT molecular complexity index is 1220. The number of rotatable bonds is 36. The highest BCUT2D eigenvalue weighted by atomic mass is 28.5. The van der Waals surface area contributed by atoms with Crippen molar-refractivity contribution in [1.29, 1.82) is 0 Å². The minimum absolute atomic E-state index is 0.192. The van der Waals surface area contributed by atoms with Crippen LogP contribution in [0.25, 0.3) is 0 Å². The summed E-state index contributed by atoms with van der Waals surface area (Å²) < 4.78 is 168. The molecule has 0 aromatic rings. The molecule has 55 heteroatoms. The van der Waals surface area contributed by atoms with Gasteiger partial charge in [-0.2, -0.15) is 0 Å². The first-order valence-corrected chi connectivity index (χ1v) is 74.7. The van der Waals surface area contributed by atoms with Crippen LogP contribution in [0.2, 0.25) is 126 Å². The molecule has 4 saturated heterocycles. The van der Waals surface area contributed by atoms with E-state index in [-0.39, 0.29) is 6.10 Å². The summed E-state index contributed by atoms with van der Waals surface area (Å²) in [5, 5.41) is 0. The van der Waals surface area contributed by atoms with Gasteiger partial charge in [0, 0.05) is 6.10 Å². The van der Waals surface area contributed by atoms with Gasteiger partial charge in [-0.25, -0.2) is 0 Å². The van der Waals surface area contributed by atoms with Crippen LogP contribution in [-0.2, 0) is 111 Å². The van der Waals surface area contributed by atoms with Crippen LogP contribution in [0, 0.1) is 0 Å². The molecule has 4 fully saturated rings. The second-order valence-electron chi connectivity index (χ2n) is 18.3. The monoisotopic (exact) mass is 1570 g/mol. The minimum atomic E-state index is -3.79. The third-order valence-corrected chi connectivity index (χ3v) is 83.9. The maximum absolute atomic E-state index is 6.49. The molecule has 0 bridgehead atoms. The SMILES string of the molecule is CC1C[SiH](C)O[SiH](C)O[SiH](CC[SiH2]O[SiH2]O[SiH2]O[Si](O[SiH2]O[SiH2]O[SiH2]CC[SiH]2O[SiH](C)O[SiH](C)O[SiH](C)O2)(O[SiH2]O[SiH2]O[SiH2]CC[SiH]2O[SiH](C)O[SiH](C)O[SiH](C)O2)O[SiH2]O[SiH2]O[SiH2]CC[SiH]2O[SiH](C)O[SiH](C)O[SiH](C)O2)O1. The molecule has 10 unspecified atom stereocenters. The quantitative estimate of drug-likeness (QED) is 0.0417. The Balaban J connectivity index is 1.27. The Morgan fingerprint density at radius 1 is 0.325 bits per heavy atom. The lowest BCUT2D eigenvalue weighted by molar-refractivity contribution is 0.139. The third kappa shape index (κ3) is 36.9. The highest BCUT2D eigenvalue weighted by molar-refractivity contribution is 6.76. The van der Waals surface area contributed by atoms with Crippen molar-refractivity contribution in [3.63, 3.8) is 0 Å². The fourth-order valence-electron chi connectivity index (χ4n) is 7.99. The van der Waals surface area contributed by atoms with Crippen molar-refractivity contribution < 1.29 is 111 Å². The number of hydrogen-bond acceptors (Lipinski definition) is 27. The zero-order chi connectivity index (χ0) is 55.7. The van der Waals surface area contributed by atoms with Gasteiger partial charge in [-0.15, -0.1) is 0 Å². The van der Waals surface area contributed by atoms with E-state index in [1.807, 2.05) is 19.6 Å². The third-order valence-electron chi connectivity index (χ3n) is 11.0. The maximum atomic E-state index is 6.49. The minimum Gasteiger partial charge on any atom is -0.446 e. The molecule has 0 N–H and O–H groups in total. The zero-order valence-electron chi connectivity index (χ0n) is 47.6. The van der Waals surface area contributed by atoms with Crippen molar-refractivity contribution in [3.8, 4) is 0 Å². The van der Waals surface area contributed by atoms with Crippen molar-refractivity contribution >= 4 is 267 Å². The smallest absolute Gasteiger partial charge is 0.446 e. The molecule has 456 valence electrons. The molecule has 0 amide bonds. The molecule has 0 aliphatic carbocycles. The van der Waals surface area contributed by atoms with Crippen LogP contribution in [0.5, 0.6) is 0 Å². The van der Waals surface area contributed by atoms with E-state index in [4.69, 9.17) is 111 Å². The van der Waals surface area contributed by atoms with E-state index in [2.05, 4.69) is 59.3 Å². The van der Waals surface area contributed by atoms with Crippen LogP contribution < -0.4 is 0 Å². The Morgan fingerprint density at radius 2 is 0.571 bits per heavy atom. The molecular weight excluding hydrogens is 1480 g/mol. The standard InChI is InChI=1S/C22H94O27Si28/c1-22-21-62(2)36-63(3)43-73(23-22)17-13-50-24-54-28-58-32-77(33-59-29-55-25-51-14-18-74-44-67(7)37-64(4)38-68(8)45-74,34-60-30-56-26-52-15-19-75-46-69(9)39-65(5)40-70(10)47-75)35-61-31-57-27-53-16-20-76-48-71(11)41-66(6)42-72(12)49-76/h22,62-76H,13-21,50-61H2,1-12H3. The summed E-state index contributed by atoms with van der Waals surface area (Å²) in [6.07, 6.45) is 0.192. The highest BCUT2D eigenvalue weighted by Crippen LogP contribution is 2.18. The second-order valence-corrected chi connectivity index (χ2v) is 78.1. The predicted octanol–water partition coefficient (Wildman–Crippen LogP) is -11.9. The lowest BCUT2D eigenvalue weighted by Gasteiger charge is -2.30. The van der Waals surface area contributed by atoms with Crippen molar-refractivity contribution in [1.82, 2.24) is 0 Å². The predicted molar refractivity (Wildman–Crippen MR) is 362 cm³/mol. The van der Waals surface area contributed by atoms with Crippen molar-refractivity contribution in [2.45, 2.75) is 139 Å². The first kappa shape index (κ1) is 74.5. The number of hydrogen-bond donors (Lipinski definition) is 0. The molecule has 0 saturated carbocycles. The molecule has 0 aromatic carbocycles. The van der Waals surface area contributed by atoms with Gasteiger partial charge in [-0.3, -0.25) is 0 Å². The largest absolute Gasteiger partial charge is 0.641 e. The van der Waals surface area contributed by atoms with E-state index in [1.54, 1.807) is 0 Å². The molecule has 27 nitrogen and oxygen atoms in total. The van der Waals surface area contributed by atoms with E-state index in [9.17, 15) is 0 Å². The van der Waals surface area contributed by atoms with Gasteiger partial charge >= 0.3 is 46.2 Å². The molecule has 4 rings (SSSR count). The normalized spacial score (nSPS) is 36.0. The van der Waals surface area contributed by atoms with E-state index in [0.29, 0.717) is 0 Å². The molecule has 0 radical (unpaired) electrons. The second kappa shape index (κ2) is 45.3. The molecular formula is C22H94O27Si28. The van der Waals surface area contributed by atoms with Gasteiger partial charge in [0.05, 0.1) is 0 Å². The van der Waals surface area contributed by atoms with Crippen LogP contribution in [0.3, 0.4) is 0 Å². The first-order valence-electron chi connectivity index (χ1n) is 27.0. The van der Waals surface area contributed by atoms with Crippen LogP contribution in [-0.4, -0.2) is 273 Å². The summed E-state index contributed by atoms with van der Waals surface area (Å²) in [4.78, 5) is 0. The molecule has 0 spiro atoms. The van der Waals surface area contributed by atoms with Crippen molar-refractivity contribution in [3.05, 3.63) is 0 Å². The molecule has 10 atom stereocenters. The summed E-state index contributed by atoms with van der Waals surface area (Å²) in [7, 11) is -44.5. The molecule has 0 aromatic heterocycles. The Hall–Kier alpha value is 4.99. The highest BCUT2D eigenvalue weighted by Gasteiger charge is 2.45. The summed E-state index contributed by atoms with van der Waals surface area (Å²) in [6, 6.07) is 8.41. The lowest BCUT2D eigenvalue weighted by atomic mass is 10.5. The molecule has 4 aliphatic heterocycles. The summed E-state index contributed by atoms with van der Waals surface area (Å²) >= 11 is 0. The first-order chi connectivity index (χ1) is 37.0. The van der Waals surface area contributed by atoms with Gasteiger partial charge < -0.3 is 111 Å². The Morgan fingerprint density at radius 3 is 0.870 bits per heavy atom. The van der Waals surface area contributed by atoms with E-state index in [0.717, 1.165) is 54.4 Å². The van der Waals surface area contributed by atoms with Crippen LogP contribution in [0.4, 0.5) is 0 Å². The van der Waals surface area contributed by atoms with Crippen LogP contribution in [0.1, 0.15) is 6.92 Å². The topological polar surface area (TPSA) is 249 Å². The molecule has 77 heavy (non-hydrogen) atoms. The van der Waals surface area contributed by atoms with Gasteiger partial charge in [0.15, 0.2) is 9.04 Å². The van der Waals surface area contributed by atoms with Gasteiger partial charge in [0.2, 0.25) is 0 Å². The van der Waals surface area contributed by atoms with E-state index < -0.39 is 267 Å². The summed E-state index contributed by atoms with van der Waals surface area (Å²) in [5.74, 6) is 0. The Labute approximate surface area is 513 Å². The van der Waals surface area contributed by atoms with Gasteiger partial charge in [-0.05, 0) is 133 Å². The van der Waals surface area contributed by atoms with Gasteiger partial charge in [0.25, 0.3) is 173 Å². The van der Waals surface area contributed by atoms with Crippen molar-refractivity contribution in [2.75, 3.05) is 0 Å². The fourth-order valence-corrected chi connectivity index (χ4v) is 86.4. The summed E-state index contributed by atoms with van der Waals surface area (Å²) in [5.41, 5.74) is 0. The van der Waals surface area contributed by atoms with Crippen molar-refractivity contribution in [2.24, 2.45) is 0 Å². The maximum Gasteiger partial charge on any atom is 0.641 e. The van der Waals surface area contributed by atoms with Crippen LogP contribution in [0.15, 0.2) is 0 Å². The zero-order valence-corrected chi connectivity index (χ0v) is 82.9.